The van der Waals surface area contributed by atoms with Gasteiger partial charge in [-0.2, -0.15) is 18.3 Å². The van der Waals surface area contributed by atoms with Crippen LogP contribution in [0.25, 0.3) is 16.9 Å². The maximum Gasteiger partial charge on any atom is 0.433 e. The molecular formula is C22H16F3N5O3. The van der Waals surface area contributed by atoms with Gasteiger partial charge in [-0.25, -0.2) is 9.50 Å². The summed E-state index contributed by atoms with van der Waals surface area (Å²) in [6.45, 7) is 0.282. The molecule has 0 saturated carbocycles. The molecule has 8 nitrogen and oxygen atoms in total. The van der Waals surface area contributed by atoms with E-state index in [9.17, 15) is 28.1 Å². The van der Waals surface area contributed by atoms with Crippen molar-refractivity contribution in [3.8, 4) is 11.3 Å². The molecule has 0 spiro atoms. The Hall–Kier alpha value is -4.28. The van der Waals surface area contributed by atoms with Crippen LogP contribution < -0.4 is 5.32 Å². The van der Waals surface area contributed by atoms with Gasteiger partial charge in [0.2, 0.25) is 0 Å². The predicted octanol–water partition coefficient (Wildman–Crippen LogP) is 4.30. The van der Waals surface area contributed by atoms with Crippen molar-refractivity contribution in [2.75, 3.05) is 6.54 Å². The predicted molar refractivity (Wildman–Crippen MR) is 113 cm³/mol. The minimum atomic E-state index is -4.77. The number of non-ortho nitro benzene ring substituents is 1. The summed E-state index contributed by atoms with van der Waals surface area (Å²) >= 11 is 0. The molecule has 0 radical (unpaired) electrons. The van der Waals surface area contributed by atoms with Gasteiger partial charge in [0.05, 0.1) is 10.6 Å². The number of carbonyl (C=O) groups excluding carboxylic acids is 1. The molecule has 4 rings (SSSR count). The minimum absolute atomic E-state index is 0.0549. The van der Waals surface area contributed by atoms with Crippen LogP contribution in [0.1, 0.15) is 21.7 Å². The van der Waals surface area contributed by atoms with E-state index in [1.54, 1.807) is 0 Å². The van der Waals surface area contributed by atoms with E-state index in [-0.39, 0.29) is 34.8 Å². The van der Waals surface area contributed by atoms with Crippen molar-refractivity contribution >= 4 is 17.2 Å². The molecule has 0 atom stereocenters. The number of nitrogens with zero attached hydrogens (tertiary/aromatic N) is 4. The molecule has 0 aliphatic heterocycles. The molecule has 2 heterocycles. The minimum Gasteiger partial charge on any atom is -0.350 e. The normalized spacial score (nSPS) is 11.5. The van der Waals surface area contributed by atoms with Crippen LogP contribution in [-0.2, 0) is 12.6 Å². The van der Waals surface area contributed by atoms with Gasteiger partial charge in [-0.05, 0) is 30.2 Å². The summed E-state index contributed by atoms with van der Waals surface area (Å²) in [7, 11) is 0. The molecule has 0 aliphatic rings. The fourth-order valence-electron chi connectivity index (χ4n) is 3.24. The van der Waals surface area contributed by atoms with Gasteiger partial charge in [-0.15, -0.1) is 0 Å². The number of fused-ring (bicyclic) bond motifs is 1. The quantitative estimate of drug-likeness (QED) is 0.345. The number of hydrogen-bond acceptors (Lipinski definition) is 5. The van der Waals surface area contributed by atoms with Crippen LogP contribution in [0.2, 0.25) is 0 Å². The van der Waals surface area contributed by atoms with Crippen LogP contribution in [0.5, 0.6) is 0 Å². The second-order valence-electron chi connectivity index (χ2n) is 7.12. The standard InChI is InChI=1S/C22H16F3N5O3/c23-22(24,25)19-12-17(15-6-8-16(9-7-15)30(32)33)27-20-13-18(28-29(19)20)21(31)26-11-10-14-4-2-1-3-5-14/h1-9,12-13H,10-11H2,(H,26,31). The summed E-state index contributed by atoms with van der Waals surface area (Å²) in [6, 6.07) is 16.3. The summed E-state index contributed by atoms with van der Waals surface area (Å²) in [6.07, 6.45) is -4.22. The molecule has 0 saturated heterocycles. The zero-order valence-corrected chi connectivity index (χ0v) is 16.9. The first kappa shape index (κ1) is 21.9. The molecule has 2 aromatic heterocycles. The Bertz CT molecular complexity index is 1320. The summed E-state index contributed by atoms with van der Waals surface area (Å²) in [5.74, 6) is -0.624. The number of nitro benzene ring substituents is 1. The van der Waals surface area contributed by atoms with E-state index in [1.165, 1.54) is 30.3 Å². The number of nitro groups is 1. The van der Waals surface area contributed by atoms with Gasteiger partial charge >= 0.3 is 6.18 Å². The van der Waals surface area contributed by atoms with Gasteiger partial charge in [0.15, 0.2) is 17.0 Å². The van der Waals surface area contributed by atoms with Crippen LogP contribution >= 0.6 is 0 Å². The van der Waals surface area contributed by atoms with Gasteiger partial charge in [-0.1, -0.05) is 30.3 Å². The Balaban J connectivity index is 1.64. The van der Waals surface area contributed by atoms with E-state index in [0.717, 1.165) is 11.6 Å². The number of alkyl halides is 3. The third-order valence-corrected chi connectivity index (χ3v) is 4.87. The summed E-state index contributed by atoms with van der Waals surface area (Å²) in [5, 5.41) is 17.3. The summed E-state index contributed by atoms with van der Waals surface area (Å²) in [4.78, 5) is 26.9. The zero-order chi connectivity index (χ0) is 23.6. The van der Waals surface area contributed by atoms with E-state index in [4.69, 9.17) is 0 Å². The number of benzene rings is 2. The molecule has 1 N–H and O–H groups in total. The van der Waals surface area contributed by atoms with Crippen molar-refractivity contribution in [1.29, 1.82) is 0 Å². The lowest BCUT2D eigenvalue weighted by Crippen LogP contribution is -2.26. The molecule has 4 aromatic rings. The van der Waals surface area contributed by atoms with Gasteiger partial charge in [0, 0.05) is 30.3 Å². The van der Waals surface area contributed by atoms with Crippen molar-refractivity contribution in [1.82, 2.24) is 19.9 Å². The first-order valence-corrected chi connectivity index (χ1v) is 9.77. The van der Waals surface area contributed by atoms with Crippen molar-refractivity contribution in [3.63, 3.8) is 0 Å². The fraction of sp³-hybridized carbons (Fsp3) is 0.136. The lowest BCUT2D eigenvalue weighted by molar-refractivity contribution is -0.384. The fourth-order valence-corrected chi connectivity index (χ4v) is 3.24. The van der Waals surface area contributed by atoms with Crippen LogP contribution in [0.15, 0.2) is 66.7 Å². The number of rotatable bonds is 6. The molecule has 2 aromatic carbocycles. The lowest BCUT2D eigenvalue weighted by Gasteiger charge is -2.11. The number of halogens is 3. The number of carbonyl (C=O) groups is 1. The number of amides is 1. The van der Waals surface area contributed by atoms with E-state index in [2.05, 4.69) is 15.4 Å². The van der Waals surface area contributed by atoms with E-state index >= 15 is 0 Å². The second-order valence-corrected chi connectivity index (χ2v) is 7.12. The van der Waals surface area contributed by atoms with Gasteiger partial charge in [0.25, 0.3) is 11.6 Å². The molecule has 0 bridgehead atoms. The second kappa shape index (κ2) is 8.69. The molecule has 0 unspecified atom stereocenters. The van der Waals surface area contributed by atoms with Crippen molar-refractivity contribution < 1.29 is 22.9 Å². The van der Waals surface area contributed by atoms with Crippen molar-refractivity contribution in [2.45, 2.75) is 12.6 Å². The molecule has 11 heteroatoms. The Morgan fingerprint density at radius 2 is 1.76 bits per heavy atom. The highest BCUT2D eigenvalue weighted by atomic mass is 19.4. The van der Waals surface area contributed by atoms with E-state index in [0.29, 0.717) is 10.9 Å². The molecule has 0 fully saturated rings. The Kier molecular flexibility index (Phi) is 5.78. The third-order valence-electron chi connectivity index (χ3n) is 4.87. The highest BCUT2D eigenvalue weighted by Crippen LogP contribution is 2.32. The number of hydrogen-bond donors (Lipinski definition) is 1. The monoisotopic (exact) mass is 455 g/mol. The van der Waals surface area contributed by atoms with Gasteiger partial charge < -0.3 is 5.32 Å². The van der Waals surface area contributed by atoms with Crippen molar-refractivity contribution in [2.24, 2.45) is 0 Å². The maximum atomic E-state index is 13.7. The third kappa shape index (κ3) is 4.81. The number of aromatic nitrogens is 3. The molecule has 33 heavy (non-hydrogen) atoms. The Labute approximate surface area is 184 Å². The maximum absolute atomic E-state index is 13.7. The summed E-state index contributed by atoms with van der Waals surface area (Å²) in [5.41, 5.74) is -0.502. The van der Waals surface area contributed by atoms with Crippen LogP contribution in [0, 0.1) is 10.1 Å². The topological polar surface area (TPSA) is 102 Å². The van der Waals surface area contributed by atoms with Crippen LogP contribution in [0.3, 0.4) is 0 Å². The average Bonchev–Trinajstić information content (AvgIpc) is 3.23. The lowest BCUT2D eigenvalue weighted by atomic mass is 10.1. The first-order valence-electron chi connectivity index (χ1n) is 9.77. The smallest absolute Gasteiger partial charge is 0.350 e. The molecule has 1 amide bonds. The Morgan fingerprint density at radius 1 is 1.06 bits per heavy atom. The SMILES string of the molecule is O=C(NCCc1ccccc1)c1cc2nc(-c3ccc([N+](=O)[O-])cc3)cc(C(F)(F)F)n2n1. The Morgan fingerprint density at radius 3 is 2.39 bits per heavy atom. The summed E-state index contributed by atoms with van der Waals surface area (Å²) < 4.78 is 41.7. The molecular weight excluding hydrogens is 439 g/mol. The van der Waals surface area contributed by atoms with Crippen LogP contribution in [-0.4, -0.2) is 32.0 Å². The van der Waals surface area contributed by atoms with Crippen molar-refractivity contribution in [3.05, 3.63) is 93.8 Å². The highest BCUT2D eigenvalue weighted by Gasteiger charge is 2.35. The van der Waals surface area contributed by atoms with E-state index < -0.39 is 22.7 Å². The largest absolute Gasteiger partial charge is 0.433 e. The molecule has 168 valence electrons. The number of nitrogens with one attached hydrogen (secondary N) is 1. The van der Waals surface area contributed by atoms with E-state index in [1.807, 2.05) is 30.3 Å². The van der Waals surface area contributed by atoms with Crippen LogP contribution in [0.4, 0.5) is 18.9 Å². The van der Waals surface area contributed by atoms with Gasteiger partial charge in [0.1, 0.15) is 0 Å². The molecule has 0 aliphatic carbocycles. The first-order chi connectivity index (χ1) is 15.7. The zero-order valence-electron chi connectivity index (χ0n) is 16.9. The average molecular weight is 455 g/mol. The highest BCUT2D eigenvalue weighted by molar-refractivity contribution is 5.93. The van der Waals surface area contributed by atoms with Gasteiger partial charge in [-0.3, -0.25) is 14.9 Å².